The van der Waals surface area contributed by atoms with Crippen molar-refractivity contribution in [2.24, 2.45) is 0 Å². The molecule has 0 atom stereocenters. The van der Waals surface area contributed by atoms with Crippen LogP contribution in [0.3, 0.4) is 0 Å². The van der Waals surface area contributed by atoms with Gasteiger partial charge in [0.05, 0.1) is 24.7 Å². The number of hydrogen-bond acceptors (Lipinski definition) is 4. The number of fused-ring (bicyclic) bond motifs is 1. The standard InChI is InChI=1S/C21H20F3N5O3/c1-12(2)32-10-4-9-29-17(15(25-3)16-18(29)19(30)27-11-26-16)13-5-7-14(8-6-13)28-20(31)21(22,23)24/h5-8,11-12H,4,9-10H2,1-2H3,(H,28,31)(H,26,27,30). The monoisotopic (exact) mass is 447 g/mol. The van der Waals surface area contributed by atoms with Crippen LogP contribution in [0.25, 0.3) is 27.1 Å². The van der Waals surface area contributed by atoms with Crippen LogP contribution in [0.5, 0.6) is 0 Å². The highest BCUT2D eigenvalue weighted by Gasteiger charge is 2.38. The van der Waals surface area contributed by atoms with Gasteiger partial charge in [-0.1, -0.05) is 12.1 Å². The molecule has 2 heterocycles. The van der Waals surface area contributed by atoms with Gasteiger partial charge in [0.15, 0.2) is 0 Å². The van der Waals surface area contributed by atoms with E-state index in [0.29, 0.717) is 30.8 Å². The Hall–Kier alpha value is -3.65. The number of benzene rings is 1. The first kappa shape index (κ1) is 23.0. The highest BCUT2D eigenvalue weighted by Crippen LogP contribution is 2.38. The van der Waals surface area contributed by atoms with E-state index >= 15 is 0 Å². The second-order valence-electron chi connectivity index (χ2n) is 7.19. The Morgan fingerprint density at radius 2 is 2.00 bits per heavy atom. The highest BCUT2D eigenvalue weighted by atomic mass is 19.4. The maximum Gasteiger partial charge on any atom is 0.471 e. The van der Waals surface area contributed by atoms with Gasteiger partial charge in [-0.2, -0.15) is 13.2 Å². The first-order valence-electron chi connectivity index (χ1n) is 9.71. The summed E-state index contributed by atoms with van der Waals surface area (Å²) in [5, 5.41) is 1.78. The smallest absolute Gasteiger partial charge is 0.379 e. The Balaban J connectivity index is 2.04. The van der Waals surface area contributed by atoms with Crippen LogP contribution in [0.2, 0.25) is 0 Å². The molecule has 1 aromatic carbocycles. The molecule has 0 aliphatic heterocycles. The van der Waals surface area contributed by atoms with Crippen LogP contribution in [0.4, 0.5) is 24.5 Å². The predicted molar refractivity (Wildman–Crippen MR) is 112 cm³/mol. The molecule has 0 radical (unpaired) electrons. The molecule has 3 aromatic rings. The summed E-state index contributed by atoms with van der Waals surface area (Å²) in [4.78, 5) is 33.9. The molecular weight excluding hydrogens is 427 g/mol. The number of nitrogens with one attached hydrogen (secondary N) is 2. The molecular formula is C21H20F3N5O3. The van der Waals surface area contributed by atoms with Gasteiger partial charge in [0.1, 0.15) is 11.0 Å². The highest BCUT2D eigenvalue weighted by molar-refractivity contribution is 6.00. The average Bonchev–Trinajstić information content (AvgIpc) is 3.05. The molecule has 2 aromatic heterocycles. The van der Waals surface area contributed by atoms with Crippen LogP contribution in [0, 0.1) is 6.57 Å². The van der Waals surface area contributed by atoms with E-state index in [4.69, 9.17) is 11.3 Å². The molecule has 168 valence electrons. The number of halogens is 3. The molecule has 0 aliphatic rings. The van der Waals surface area contributed by atoms with Crippen molar-refractivity contribution in [3.05, 3.63) is 52.4 Å². The Morgan fingerprint density at radius 3 is 2.59 bits per heavy atom. The van der Waals surface area contributed by atoms with Crippen LogP contribution in [-0.2, 0) is 16.1 Å². The second-order valence-corrected chi connectivity index (χ2v) is 7.19. The van der Waals surface area contributed by atoms with E-state index in [0.717, 1.165) is 0 Å². The summed E-state index contributed by atoms with van der Waals surface area (Å²) in [6.07, 6.45) is -3.20. The van der Waals surface area contributed by atoms with Crippen LogP contribution in [-0.4, -0.2) is 39.3 Å². The molecule has 0 unspecified atom stereocenters. The largest absolute Gasteiger partial charge is 0.471 e. The van der Waals surface area contributed by atoms with Gasteiger partial charge in [-0.15, -0.1) is 0 Å². The zero-order valence-corrected chi connectivity index (χ0v) is 17.3. The molecule has 2 N–H and O–H groups in total. The summed E-state index contributed by atoms with van der Waals surface area (Å²) in [6.45, 7) is 12.2. The number of nitrogens with zero attached hydrogens (tertiary/aromatic N) is 3. The van der Waals surface area contributed by atoms with Gasteiger partial charge >= 0.3 is 12.1 Å². The van der Waals surface area contributed by atoms with Gasteiger partial charge in [-0.05, 0) is 38.0 Å². The van der Waals surface area contributed by atoms with Crippen molar-refractivity contribution < 1.29 is 22.7 Å². The van der Waals surface area contributed by atoms with Crippen molar-refractivity contribution in [3.63, 3.8) is 0 Å². The summed E-state index contributed by atoms with van der Waals surface area (Å²) in [6, 6.07) is 5.55. The molecule has 0 spiro atoms. The van der Waals surface area contributed by atoms with E-state index in [-0.39, 0.29) is 28.5 Å². The second kappa shape index (κ2) is 9.23. The number of aromatic nitrogens is 3. The quantitative estimate of drug-likeness (QED) is 0.418. The van der Waals surface area contributed by atoms with Crippen LogP contribution >= 0.6 is 0 Å². The predicted octanol–water partition coefficient (Wildman–Crippen LogP) is 4.26. The van der Waals surface area contributed by atoms with E-state index < -0.39 is 17.6 Å². The molecule has 32 heavy (non-hydrogen) atoms. The average molecular weight is 447 g/mol. The number of amides is 1. The Kier molecular flexibility index (Phi) is 6.64. The molecule has 0 saturated heterocycles. The maximum absolute atomic E-state index is 12.5. The molecule has 8 nitrogen and oxygen atoms in total. The van der Waals surface area contributed by atoms with Gasteiger partial charge in [0.25, 0.3) is 5.56 Å². The third-order valence-electron chi connectivity index (χ3n) is 4.58. The summed E-state index contributed by atoms with van der Waals surface area (Å²) < 4.78 is 44.7. The summed E-state index contributed by atoms with van der Waals surface area (Å²) in [7, 11) is 0. The van der Waals surface area contributed by atoms with Gasteiger partial charge in [-0.3, -0.25) is 9.59 Å². The van der Waals surface area contributed by atoms with E-state index in [1.165, 1.54) is 30.6 Å². The topological polar surface area (TPSA) is 93.4 Å². The first-order valence-corrected chi connectivity index (χ1v) is 9.71. The van der Waals surface area contributed by atoms with Gasteiger partial charge in [0.2, 0.25) is 5.69 Å². The molecule has 0 fully saturated rings. The molecule has 0 aliphatic carbocycles. The number of carbonyl (C=O) groups is 1. The van der Waals surface area contributed by atoms with Gasteiger partial charge in [0, 0.05) is 18.8 Å². The van der Waals surface area contributed by atoms with Crippen molar-refractivity contribution >= 4 is 28.3 Å². The molecule has 1 amide bonds. The number of H-pyrrole nitrogens is 1. The zero-order chi connectivity index (χ0) is 23.5. The molecule has 0 saturated carbocycles. The third-order valence-corrected chi connectivity index (χ3v) is 4.58. The van der Waals surface area contributed by atoms with E-state index in [1.54, 1.807) is 9.88 Å². The number of anilines is 1. The maximum atomic E-state index is 12.5. The number of ether oxygens (including phenoxy) is 1. The summed E-state index contributed by atoms with van der Waals surface area (Å²) in [5.74, 6) is -2.08. The van der Waals surface area contributed by atoms with Crippen molar-refractivity contribution in [2.75, 3.05) is 11.9 Å². The minimum absolute atomic E-state index is 0.0409. The molecule has 3 rings (SSSR count). The molecule has 0 bridgehead atoms. The van der Waals surface area contributed by atoms with E-state index in [2.05, 4.69) is 14.8 Å². The van der Waals surface area contributed by atoms with Crippen molar-refractivity contribution in [1.82, 2.24) is 14.5 Å². The van der Waals surface area contributed by atoms with Crippen molar-refractivity contribution in [2.45, 2.75) is 39.1 Å². The minimum Gasteiger partial charge on any atom is -0.379 e. The number of hydrogen-bond donors (Lipinski definition) is 2. The Morgan fingerprint density at radius 1 is 1.31 bits per heavy atom. The van der Waals surface area contributed by atoms with Gasteiger partial charge < -0.3 is 19.6 Å². The third kappa shape index (κ3) is 4.81. The van der Waals surface area contributed by atoms with Crippen LogP contribution in [0.15, 0.2) is 35.4 Å². The van der Waals surface area contributed by atoms with Crippen molar-refractivity contribution in [3.8, 4) is 11.3 Å². The lowest BCUT2D eigenvalue weighted by Crippen LogP contribution is -2.29. The van der Waals surface area contributed by atoms with E-state index in [9.17, 15) is 22.8 Å². The SMILES string of the molecule is [C-]#[N+]c1c(-c2ccc(NC(=O)C(F)(F)F)cc2)n(CCCOC(C)C)c2c(=O)[nH]cnc12. The number of aromatic amines is 1. The fourth-order valence-corrected chi connectivity index (χ4v) is 3.25. The van der Waals surface area contributed by atoms with Crippen molar-refractivity contribution in [1.29, 1.82) is 0 Å². The summed E-state index contributed by atoms with van der Waals surface area (Å²) in [5.41, 5.74) is 1.06. The normalized spacial score (nSPS) is 11.7. The minimum atomic E-state index is -5.01. The lowest BCUT2D eigenvalue weighted by molar-refractivity contribution is -0.167. The summed E-state index contributed by atoms with van der Waals surface area (Å²) >= 11 is 0. The zero-order valence-electron chi connectivity index (χ0n) is 17.3. The first-order chi connectivity index (χ1) is 15.1. The number of carbonyl (C=O) groups excluding carboxylic acids is 1. The van der Waals surface area contributed by atoms with Crippen LogP contribution < -0.4 is 10.9 Å². The van der Waals surface area contributed by atoms with E-state index in [1.807, 2.05) is 13.8 Å². The van der Waals surface area contributed by atoms with Crippen LogP contribution in [0.1, 0.15) is 20.3 Å². The molecule has 11 heteroatoms. The lowest BCUT2D eigenvalue weighted by Gasteiger charge is -2.13. The fourth-order valence-electron chi connectivity index (χ4n) is 3.25. The number of rotatable bonds is 7. The fraction of sp³-hybridized carbons (Fsp3) is 0.333. The Bertz CT molecular complexity index is 1220. The number of aryl methyl sites for hydroxylation is 1. The number of alkyl halides is 3. The lowest BCUT2D eigenvalue weighted by atomic mass is 10.1. The van der Waals surface area contributed by atoms with Gasteiger partial charge in [-0.25, -0.2) is 9.83 Å². The Labute approximate surface area is 180 Å².